The van der Waals surface area contributed by atoms with Crippen LogP contribution in [0.5, 0.6) is 0 Å². The molecule has 7 nitrogen and oxygen atoms in total. The molecule has 0 aliphatic rings. The van der Waals surface area contributed by atoms with Crippen LogP contribution in [-0.2, 0) is 32.6 Å². The van der Waals surface area contributed by atoms with Gasteiger partial charge in [0.05, 0.1) is 11.9 Å². The maximum absolute atomic E-state index is 13.8. The average molecular weight is 584 g/mol. The zero-order valence-electron chi connectivity index (χ0n) is 23.3. The summed E-state index contributed by atoms with van der Waals surface area (Å²) in [7, 11) is -3.58. The van der Waals surface area contributed by atoms with E-state index in [1.165, 1.54) is 4.31 Å². The molecule has 0 aliphatic heterocycles. The number of nitrogens with one attached hydrogen (secondary N) is 1. The van der Waals surface area contributed by atoms with E-state index in [4.69, 9.17) is 11.6 Å². The third-order valence-electron chi connectivity index (χ3n) is 6.52. The van der Waals surface area contributed by atoms with E-state index >= 15 is 0 Å². The first-order chi connectivity index (χ1) is 19.1. The van der Waals surface area contributed by atoms with Crippen molar-refractivity contribution in [3.63, 3.8) is 0 Å². The zero-order valence-corrected chi connectivity index (χ0v) is 24.9. The third kappa shape index (κ3) is 9.38. The highest BCUT2D eigenvalue weighted by Crippen LogP contribution is 2.22. The molecule has 0 fully saturated rings. The molecule has 2 amide bonds. The van der Waals surface area contributed by atoms with Crippen molar-refractivity contribution < 1.29 is 18.0 Å². The predicted octanol–water partition coefficient (Wildman–Crippen LogP) is 5.36. The molecule has 3 aromatic rings. The van der Waals surface area contributed by atoms with Crippen LogP contribution in [-0.4, -0.2) is 50.5 Å². The van der Waals surface area contributed by atoms with Crippen molar-refractivity contribution in [1.29, 1.82) is 0 Å². The summed E-state index contributed by atoms with van der Waals surface area (Å²) < 4.78 is 26.4. The number of halogens is 1. The summed E-state index contributed by atoms with van der Waals surface area (Å²) in [6.45, 7) is 4.87. The van der Waals surface area contributed by atoms with E-state index in [0.29, 0.717) is 23.7 Å². The van der Waals surface area contributed by atoms with Crippen LogP contribution in [0.3, 0.4) is 0 Å². The van der Waals surface area contributed by atoms with Gasteiger partial charge in [0.2, 0.25) is 21.8 Å². The Morgan fingerprint density at radius 2 is 1.62 bits per heavy atom. The van der Waals surface area contributed by atoms with Crippen molar-refractivity contribution in [1.82, 2.24) is 10.2 Å². The topological polar surface area (TPSA) is 86.8 Å². The van der Waals surface area contributed by atoms with Gasteiger partial charge in [0.15, 0.2) is 0 Å². The number of sulfonamides is 1. The Kier molecular flexibility index (Phi) is 11.6. The maximum Gasteiger partial charge on any atom is 0.243 e. The Hall–Kier alpha value is -3.36. The van der Waals surface area contributed by atoms with Crippen molar-refractivity contribution in [2.75, 3.05) is 23.7 Å². The summed E-state index contributed by atoms with van der Waals surface area (Å²) in [6.07, 6.45) is 2.66. The van der Waals surface area contributed by atoms with Crippen LogP contribution in [0.25, 0.3) is 0 Å². The normalized spacial score (nSPS) is 12.0. The van der Waals surface area contributed by atoms with Gasteiger partial charge in [-0.15, -0.1) is 0 Å². The largest absolute Gasteiger partial charge is 0.354 e. The van der Waals surface area contributed by atoms with Crippen LogP contribution in [0, 0.1) is 6.92 Å². The third-order valence-corrected chi connectivity index (χ3v) is 7.97. The van der Waals surface area contributed by atoms with Crippen molar-refractivity contribution in [2.24, 2.45) is 0 Å². The minimum atomic E-state index is -3.58. The van der Waals surface area contributed by atoms with Gasteiger partial charge in [-0.05, 0) is 55.2 Å². The number of amides is 2. The van der Waals surface area contributed by atoms with E-state index in [9.17, 15) is 18.0 Å². The second-order valence-electron chi connectivity index (χ2n) is 9.92. The highest BCUT2D eigenvalue weighted by molar-refractivity contribution is 7.92. The van der Waals surface area contributed by atoms with E-state index in [1.807, 2.05) is 68.4 Å². The zero-order chi connectivity index (χ0) is 29.1. The predicted molar refractivity (Wildman–Crippen MR) is 162 cm³/mol. The van der Waals surface area contributed by atoms with E-state index in [1.54, 1.807) is 29.2 Å². The smallest absolute Gasteiger partial charge is 0.243 e. The van der Waals surface area contributed by atoms with Gasteiger partial charge in [0.1, 0.15) is 6.04 Å². The van der Waals surface area contributed by atoms with Crippen LogP contribution in [0.2, 0.25) is 5.02 Å². The van der Waals surface area contributed by atoms with Gasteiger partial charge in [-0.25, -0.2) is 8.42 Å². The summed E-state index contributed by atoms with van der Waals surface area (Å²) in [5.74, 6) is -0.413. The molecule has 0 aliphatic carbocycles. The van der Waals surface area contributed by atoms with Crippen molar-refractivity contribution >= 4 is 39.1 Å². The fourth-order valence-electron chi connectivity index (χ4n) is 4.54. The van der Waals surface area contributed by atoms with Crippen LogP contribution in [0.4, 0.5) is 5.69 Å². The highest BCUT2D eigenvalue weighted by Gasteiger charge is 2.30. The second-order valence-corrected chi connectivity index (χ2v) is 12.3. The number of carbonyl (C=O) groups is 2. The van der Waals surface area contributed by atoms with Crippen LogP contribution in [0.15, 0.2) is 78.9 Å². The van der Waals surface area contributed by atoms with Gasteiger partial charge < -0.3 is 10.2 Å². The molecule has 214 valence electrons. The molecule has 0 aromatic heterocycles. The number of hydrogen-bond acceptors (Lipinski definition) is 4. The quantitative estimate of drug-likeness (QED) is 0.277. The summed E-state index contributed by atoms with van der Waals surface area (Å²) in [4.78, 5) is 28.9. The summed E-state index contributed by atoms with van der Waals surface area (Å²) in [6, 6.07) is 23.4. The molecular weight excluding hydrogens is 546 g/mol. The van der Waals surface area contributed by atoms with E-state index in [2.05, 4.69) is 5.32 Å². The Bertz CT molecular complexity index is 1360. The number of aryl methyl sites for hydroxylation is 1. The molecule has 0 saturated carbocycles. The number of carbonyl (C=O) groups excluding carboxylic acids is 2. The highest BCUT2D eigenvalue weighted by atomic mass is 35.5. The lowest BCUT2D eigenvalue weighted by molar-refractivity contribution is -0.141. The molecular formula is C31H38ClN3O4S. The Morgan fingerprint density at radius 1 is 0.950 bits per heavy atom. The minimum Gasteiger partial charge on any atom is -0.354 e. The average Bonchev–Trinajstić information content (AvgIpc) is 2.92. The standard InChI is InChI=1S/C31H38ClN3O4S/c1-4-19-33-31(37)29(22-25-11-6-5-7-12-25)34(23-26-13-8-10-24(2)21-26)30(36)14-9-20-35(40(3,38)39)28-17-15-27(32)16-18-28/h5-8,10-13,15-18,21,29H,4,9,14,19-20,22-23H2,1-3H3,(H,33,37)/t29-/m0/s1. The molecule has 0 unspecified atom stereocenters. The summed E-state index contributed by atoms with van der Waals surface area (Å²) in [5.41, 5.74) is 3.42. The molecule has 0 spiro atoms. The first-order valence-electron chi connectivity index (χ1n) is 13.5. The molecule has 1 N–H and O–H groups in total. The number of hydrogen-bond donors (Lipinski definition) is 1. The van der Waals surface area contributed by atoms with Gasteiger partial charge in [-0.3, -0.25) is 13.9 Å². The first kappa shape index (κ1) is 31.2. The Balaban J connectivity index is 1.86. The van der Waals surface area contributed by atoms with Gasteiger partial charge in [0, 0.05) is 37.5 Å². The molecule has 9 heteroatoms. The fraction of sp³-hybridized carbons (Fsp3) is 0.355. The molecule has 0 saturated heterocycles. The van der Waals surface area contributed by atoms with Crippen LogP contribution in [0.1, 0.15) is 42.9 Å². The first-order valence-corrected chi connectivity index (χ1v) is 15.7. The molecule has 0 heterocycles. The summed E-state index contributed by atoms with van der Waals surface area (Å²) in [5, 5.41) is 3.48. The minimum absolute atomic E-state index is 0.0811. The van der Waals surface area contributed by atoms with Gasteiger partial charge in [0.25, 0.3) is 0 Å². The molecule has 1 atom stereocenters. The Morgan fingerprint density at radius 3 is 2.25 bits per heavy atom. The molecule has 40 heavy (non-hydrogen) atoms. The molecule has 3 aromatic carbocycles. The lowest BCUT2D eigenvalue weighted by Crippen LogP contribution is -2.50. The maximum atomic E-state index is 13.8. The van der Waals surface area contributed by atoms with Crippen molar-refractivity contribution in [3.05, 3.63) is 101 Å². The molecule has 0 radical (unpaired) electrons. The van der Waals surface area contributed by atoms with Crippen molar-refractivity contribution in [2.45, 2.75) is 52.1 Å². The Labute approximate surface area is 243 Å². The van der Waals surface area contributed by atoms with E-state index in [-0.39, 0.29) is 37.7 Å². The number of benzene rings is 3. The van der Waals surface area contributed by atoms with Crippen LogP contribution < -0.4 is 9.62 Å². The number of nitrogens with zero attached hydrogens (tertiary/aromatic N) is 2. The van der Waals surface area contributed by atoms with Gasteiger partial charge in [-0.1, -0.05) is 78.7 Å². The molecule has 3 rings (SSSR count). The van der Waals surface area contributed by atoms with Gasteiger partial charge >= 0.3 is 0 Å². The fourth-order valence-corrected chi connectivity index (χ4v) is 5.63. The number of rotatable bonds is 14. The molecule has 0 bridgehead atoms. The van der Waals surface area contributed by atoms with E-state index in [0.717, 1.165) is 29.4 Å². The summed E-state index contributed by atoms with van der Waals surface area (Å²) >= 11 is 5.98. The lowest BCUT2D eigenvalue weighted by atomic mass is 10.0. The number of anilines is 1. The second kappa shape index (κ2) is 14.9. The van der Waals surface area contributed by atoms with E-state index < -0.39 is 16.1 Å². The van der Waals surface area contributed by atoms with Crippen molar-refractivity contribution in [3.8, 4) is 0 Å². The SMILES string of the molecule is CCCNC(=O)[C@H](Cc1ccccc1)N(Cc1cccc(C)c1)C(=O)CCCN(c1ccc(Cl)cc1)S(C)(=O)=O. The van der Waals surface area contributed by atoms with Gasteiger partial charge in [-0.2, -0.15) is 0 Å². The monoisotopic (exact) mass is 583 g/mol. The van der Waals surface area contributed by atoms with Crippen LogP contribution >= 0.6 is 11.6 Å². The lowest BCUT2D eigenvalue weighted by Gasteiger charge is -2.32.